The molecule has 6 heteroatoms. The lowest BCUT2D eigenvalue weighted by molar-refractivity contribution is -0.163. The highest BCUT2D eigenvalue weighted by Crippen LogP contribution is 2.22. The number of likely N-dealkylation sites (tertiary alicyclic amines) is 1. The number of carboxylic acids is 1. The van der Waals surface area contributed by atoms with Crippen LogP contribution in [0.3, 0.4) is 0 Å². The van der Waals surface area contributed by atoms with E-state index in [0.29, 0.717) is 0 Å². The van der Waals surface area contributed by atoms with Crippen LogP contribution in [0.1, 0.15) is 34.1 Å². The number of aliphatic carboxylic acids is 1. The van der Waals surface area contributed by atoms with Gasteiger partial charge in [0, 0.05) is 13.0 Å². The van der Waals surface area contributed by atoms with Gasteiger partial charge in [-0.15, -0.1) is 0 Å². The average Bonchev–Trinajstić information content (AvgIpc) is 2.56. The first kappa shape index (κ1) is 14.5. The molecule has 1 unspecified atom stereocenters. The zero-order valence-corrected chi connectivity index (χ0v) is 11.1. The molecule has 2 atom stereocenters. The van der Waals surface area contributed by atoms with Crippen LogP contribution in [0, 0.1) is 5.92 Å². The Morgan fingerprint density at radius 2 is 2.00 bits per heavy atom. The molecular formula is C12H19NO5. The SMILES string of the molecule is C[C@@H](C(=O)OC(C)(C)C)N1CC(C(=O)O)CC1=O. The van der Waals surface area contributed by atoms with Crippen molar-refractivity contribution < 1.29 is 24.2 Å². The van der Waals surface area contributed by atoms with E-state index < -0.39 is 29.5 Å². The Bertz CT molecular complexity index is 371. The van der Waals surface area contributed by atoms with Gasteiger partial charge in [0.2, 0.25) is 5.91 Å². The molecular weight excluding hydrogens is 238 g/mol. The molecule has 1 aliphatic heterocycles. The third-order valence-corrected chi connectivity index (χ3v) is 2.72. The lowest BCUT2D eigenvalue weighted by Gasteiger charge is -2.27. The number of esters is 1. The van der Waals surface area contributed by atoms with Crippen LogP contribution < -0.4 is 0 Å². The van der Waals surface area contributed by atoms with Gasteiger partial charge in [0.1, 0.15) is 11.6 Å². The standard InChI is InChI=1S/C12H19NO5/c1-7(11(17)18-12(2,3)4)13-6-8(10(15)16)5-9(13)14/h7-8H,5-6H2,1-4H3,(H,15,16)/t7-,8?/m0/s1. The smallest absolute Gasteiger partial charge is 0.329 e. The Morgan fingerprint density at radius 3 is 2.39 bits per heavy atom. The van der Waals surface area contributed by atoms with Gasteiger partial charge in [0.25, 0.3) is 0 Å². The molecule has 0 aliphatic carbocycles. The molecule has 1 N–H and O–H groups in total. The molecule has 0 radical (unpaired) electrons. The summed E-state index contributed by atoms with van der Waals surface area (Å²) in [4.78, 5) is 35.5. The number of hydrogen-bond acceptors (Lipinski definition) is 4. The Balaban J connectivity index is 2.68. The monoisotopic (exact) mass is 257 g/mol. The van der Waals surface area contributed by atoms with Crippen LogP contribution in [0.15, 0.2) is 0 Å². The van der Waals surface area contributed by atoms with Crippen molar-refractivity contribution in [3.05, 3.63) is 0 Å². The lowest BCUT2D eigenvalue weighted by atomic mass is 10.1. The van der Waals surface area contributed by atoms with E-state index in [0.717, 1.165) is 0 Å². The third kappa shape index (κ3) is 3.45. The first-order chi connectivity index (χ1) is 8.11. The van der Waals surface area contributed by atoms with Crippen LogP contribution in [-0.2, 0) is 19.1 Å². The average molecular weight is 257 g/mol. The van der Waals surface area contributed by atoms with E-state index in [-0.39, 0.29) is 18.9 Å². The van der Waals surface area contributed by atoms with Gasteiger partial charge >= 0.3 is 11.9 Å². The third-order valence-electron chi connectivity index (χ3n) is 2.72. The maximum atomic E-state index is 11.8. The van der Waals surface area contributed by atoms with Gasteiger partial charge in [-0.3, -0.25) is 9.59 Å². The number of carbonyl (C=O) groups excluding carboxylic acids is 2. The second-order valence-corrected chi connectivity index (χ2v) is 5.49. The minimum atomic E-state index is -1.01. The van der Waals surface area contributed by atoms with Crippen LogP contribution in [0.4, 0.5) is 0 Å². The summed E-state index contributed by atoms with van der Waals surface area (Å²) in [5, 5.41) is 8.86. The summed E-state index contributed by atoms with van der Waals surface area (Å²) in [6.07, 6.45) is -0.0531. The van der Waals surface area contributed by atoms with Gasteiger partial charge in [-0.25, -0.2) is 4.79 Å². The molecule has 1 aliphatic rings. The molecule has 0 aromatic rings. The predicted octanol–water partition coefficient (Wildman–Crippen LogP) is 0.650. The number of rotatable bonds is 3. The first-order valence-corrected chi connectivity index (χ1v) is 5.87. The normalized spacial score (nSPS) is 21.9. The summed E-state index contributed by atoms with van der Waals surface area (Å²) in [7, 11) is 0. The van der Waals surface area contributed by atoms with Crippen molar-refractivity contribution in [2.45, 2.75) is 45.8 Å². The van der Waals surface area contributed by atoms with Gasteiger partial charge in [0.15, 0.2) is 0 Å². The summed E-state index contributed by atoms with van der Waals surface area (Å²) in [5.41, 5.74) is -0.625. The first-order valence-electron chi connectivity index (χ1n) is 5.87. The highest BCUT2D eigenvalue weighted by atomic mass is 16.6. The molecule has 1 fully saturated rings. The second kappa shape index (κ2) is 4.96. The summed E-state index contributed by atoms with van der Waals surface area (Å²) in [5.74, 6) is -2.58. The molecule has 18 heavy (non-hydrogen) atoms. The van der Waals surface area contributed by atoms with E-state index in [1.807, 2.05) is 0 Å². The largest absolute Gasteiger partial charge is 0.481 e. The lowest BCUT2D eigenvalue weighted by Crippen LogP contribution is -2.43. The Morgan fingerprint density at radius 1 is 1.44 bits per heavy atom. The highest BCUT2D eigenvalue weighted by molar-refractivity contribution is 5.89. The fourth-order valence-corrected chi connectivity index (χ4v) is 1.79. The zero-order valence-electron chi connectivity index (χ0n) is 11.1. The number of nitrogens with zero attached hydrogens (tertiary/aromatic N) is 1. The summed E-state index contributed by atoms with van der Waals surface area (Å²) < 4.78 is 5.18. The number of ether oxygens (including phenoxy) is 1. The topological polar surface area (TPSA) is 83.9 Å². The van der Waals surface area contributed by atoms with Crippen molar-refractivity contribution in [1.82, 2.24) is 4.90 Å². The maximum Gasteiger partial charge on any atom is 0.329 e. The highest BCUT2D eigenvalue weighted by Gasteiger charge is 2.39. The van der Waals surface area contributed by atoms with E-state index in [1.165, 1.54) is 4.90 Å². The van der Waals surface area contributed by atoms with Crippen LogP contribution in [0.25, 0.3) is 0 Å². The summed E-state index contributed by atoms with van der Waals surface area (Å²) >= 11 is 0. The quantitative estimate of drug-likeness (QED) is 0.750. The summed E-state index contributed by atoms with van der Waals surface area (Å²) in [6.45, 7) is 6.83. The van der Waals surface area contributed by atoms with Crippen LogP contribution in [0.2, 0.25) is 0 Å². The molecule has 0 bridgehead atoms. The molecule has 0 saturated carbocycles. The molecule has 1 saturated heterocycles. The van der Waals surface area contributed by atoms with E-state index in [4.69, 9.17) is 9.84 Å². The van der Waals surface area contributed by atoms with E-state index >= 15 is 0 Å². The maximum absolute atomic E-state index is 11.8. The van der Waals surface area contributed by atoms with E-state index in [1.54, 1.807) is 27.7 Å². The molecule has 0 aromatic heterocycles. The second-order valence-electron chi connectivity index (χ2n) is 5.49. The van der Waals surface area contributed by atoms with Gasteiger partial charge in [0.05, 0.1) is 5.92 Å². The number of hydrogen-bond donors (Lipinski definition) is 1. The van der Waals surface area contributed by atoms with Gasteiger partial charge in [-0.1, -0.05) is 0 Å². The van der Waals surface area contributed by atoms with E-state index in [2.05, 4.69) is 0 Å². The molecule has 1 amide bonds. The molecule has 0 aromatic carbocycles. The van der Waals surface area contributed by atoms with Crippen molar-refractivity contribution in [2.24, 2.45) is 5.92 Å². The molecule has 6 nitrogen and oxygen atoms in total. The fourth-order valence-electron chi connectivity index (χ4n) is 1.79. The zero-order chi connectivity index (χ0) is 14.1. The minimum absolute atomic E-state index is 0.0531. The summed E-state index contributed by atoms with van der Waals surface area (Å²) in [6, 6.07) is -0.749. The van der Waals surface area contributed by atoms with Gasteiger partial charge < -0.3 is 14.7 Å². The van der Waals surface area contributed by atoms with Crippen molar-refractivity contribution in [2.75, 3.05) is 6.54 Å². The van der Waals surface area contributed by atoms with Crippen molar-refractivity contribution >= 4 is 17.8 Å². The fraction of sp³-hybridized carbons (Fsp3) is 0.750. The van der Waals surface area contributed by atoms with E-state index in [9.17, 15) is 14.4 Å². The van der Waals surface area contributed by atoms with Crippen molar-refractivity contribution in [3.63, 3.8) is 0 Å². The van der Waals surface area contributed by atoms with Gasteiger partial charge in [-0.2, -0.15) is 0 Å². The number of carbonyl (C=O) groups is 3. The Hall–Kier alpha value is -1.59. The van der Waals surface area contributed by atoms with Crippen molar-refractivity contribution in [3.8, 4) is 0 Å². The van der Waals surface area contributed by atoms with Crippen LogP contribution in [0.5, 0.6) is 0 Å². The number of amides is 1. The number of carboxylic acid groups (broad SMARTS) is 1. The van der Waals surface area contributed by atoms with Crippen LogP contribution in [-0.4, -0.2) is 46.0 Å². The molecule has 1 rings (SSSR count). The molecule has 1 heterocycles. The van der Waals surface area contributed by atoms with Crippen LogP contribution >= 0.6 is 0 Å². The predicted molar refractivity (Wildman–Crippen MR) is 62.8 cm³/mol. The van der Waals surface area contributed by atoms with Gasteiger partial charge in [-0.05, 0) is 27.7 Å². The van der Waals surface area contributed by atoms with Crippen molar-refractivity contribution in [1.29, 1.82) is 0 Å². The minimum Gasteiger partial charge on any atom is -0.481 e. The Kier molecular flexibility index (Phi) is 3.98. The molecule has 102 valence electrons. The molecule has 0 spiro atoms. The Labute approximate surface area is 106 Å².